The number of rotatable bonds is 1. The normalized spacial score (nSPS) is 7.92. The first-order valence-corrected chi connectivity index (χ1v) is 2.67. The van der Waals surface area contributed by atoms with Crippen molar-refractivity contribution in [1.29, 1.82) is 5.26 Å². The molecule has 0 saturated heterocycles. The smallest absolute Gasteiger partial charge is 0.543 e. The molecule has 0 fully saturated rings. The Balaban J connectivity index is 0.00000121. The average molecular weight is 155 g/mol. The van der Waals surface area contributed by atoms with E-state index in [1.807, 2.05) is 0 Å². The predicted molar refractivity (Wildman–Crippen MR) is 31.1 cm³/mol. The Bertz CT molecular complexity index is 334. The monoisotopic (exact) mass is 155 g/mol. The topological polar surface area (TPSA) is 89.7 Å². The number of carbonyl (C=O) groups is 1. The van der Waals surface area contributed by atoms with Crippen LogP contribution in [0, 0.1) is 11.3 Å². The fourth-order valence-electron chi connectivity index (χ4n) is 0.530. The molecule has 0 spiro atoms. The third kappa shape index (κ3) is 2.35. The molecule has 0 aromatic carbocycles. The van der Waals surface area contributed by atoms with Gasteiger partial charge in [0.05, 0.1) is 11.7 Å². The van der Waals surface area contributed by atoms with Crippen LogP contribution in [0.5, 0.6) is 0 Å². The number of aromatic carboxylic acids is 1. The van der Waals surface area contributed by atoms with Crippen LogP contribution in [-0.4, -0.2) is 15.9 Å². The van der Waals surface area contributed by atoms with Crippen molar-refractivity contribution in [2.24, 2.45) is 0 Å². The molecule has 0 saturated carbocycles. The summed E-state index contributed by atoms with van der Waals surface area (Å²) >= 11 is 0. The van der Waals surface area contributed by atoms with Crippen LogP contribution < -0.4 is 24.0 Å². The minimum absolute atomic E-state index is 0. The molecule has 0 radical (unpaired) electrons. The molecule has 0 aliphatic carbocycles. The summed E-state index contributed by atoms with van der Waals surface area (Å²) in [6.45, 7) is 0. The van der Waals surface area contributed by atoms with E-state index < -0.39 is 5.97 Å². The van der Waals surface area contributed by atoms with Gasteiger partial charge in [-0.05, 0) is 0 Å². The largest absolute Gasteiger partial charge is 1.00 e. The number of hydrogen-bond donors (Lipinski definition) is 0. The number of nitriles is 1. The summed E-state index contributed by atoms with van der Waals surface area (Å²) in [6, 6.07) is 2.73. The molecule has 1 rings (SSSR count). The van der Waals surface area contributed by atoms with Gasteiger partial charge in [-0.3, -0.25) is 0 Å². The number of carboxylic acid groups (broad SMARTS) is 1. The maximum absolute atomic E-state index is 10.2. The molecule has 0 bridgehead atoms. The van der Waals surface area contributed by atoms with Gasteiger partial charge in [-0.25, -0.2) is 9.97 Å². The first-order valence-electron chi connectivity index (χ1n) is 2.67. The third-order valence-electron chi connectivity index (χ3n) is 0.991. The molecule has 1 aromatic rings. The summed E-state index contributed by atoms with van der Waals surface area (Å²) in [5.74, 6) is -1.41. The second-order valence-corrected chi connectivity index (χ2v) is 1.69. The van der Waals surface area contributed by atoms with Crippen molar-refractivity contribution in [3.05, 3.63) is 23.8 Å². The molecule has 0 aliphatic rings. The van der Waals surface area contributed by atoms with E-state index in [0.717, 1.165) is 12.4 Å². The van der Waals surface area contributed by atoms with Crippen molar-refractivity contribution in [3.63, 3.8) is 0 Å². The summed E-state index contributed by atoms with van der Waals surface area (Å²) in [4.78, 5) is 17.0. The van der Waals surface area contributed by atoms with Gasteiger partial charge in [-0.2, -0.15) is 5.26 Å². The SMILES string of the molecule is N#Cc1cc(C(=O)[O-])ncn1.[Li+]. The predicted octanol–water partition coefficient (Wildman–Crippen LogP) is -4.28. The summed E-state index contributed by atoms with van der Waals surface area (Å²) < 4.78 is 0. The van der Waals surface area contributed by atoms with Crippen LogP contribution in [0.2, 0.25) is 0 Å². The molecule has 0 amide bonds. The molecule has 1 heterocycles. The summed E-state index contributed by atoms with van der Waals surface area (Å²) in [5, 5.41) is 18.4. The Labute approximate surface area is 80.2 Å². The van der Waals surface area contributed by atoms with Gasteiger partial charge < -0.3 is 9.90 Å². The van der Waals surface area contributed by atoms with E-state index in [4.69, 9.17) is 5.26 Å². The van der Waals surface area contributed by atoms with E-state index in [1.165, 1.54) is 0 Å². The molecular formula is C6H2LiN3O2. The number of aromatic nitrogens is 2. The fourth-order valence-corrected chi connectivity index (χ4v) is 0.530. The summed E-state index contributed by atoms with van der Waals surface area (Å²) in [7, 11) is 0. The molecule has 0 N–H and O–H groups in total. The number of carbonyl (C=O) groups excluding carboxylic acids is 1. The van der Waals surface area contributed by atoms with Gasteiger partial charge in [0.2, 0.25) is 0 Å². The van der Waals surface area contributed by atoms with Gasteiger partial charge in [0.1, 0.15) is 18.1 Å². The van der Waals surface area contributed by atoms with Crippen molar-refractivity contribution in [1.82, 2.24) is 9.97 Å². The van der Waals surface area contributed by atoms with E-state index in [0.29, 0.717) is 0 Å². The third-order valence-corrected chi connectivity index (χ3v) is 0.991. The van der Waals surface area contributed by atoms with Crippen LogP contribution in [0.15, 0.2) is 12.4 Å². The van der Waals surface area contributed by atoms with Crippen LogP contribution in [-0.2, 0) is 0 Å². The average Bonchev–Trinajstić information content (AvgIpc) is 2.05. The Morgan fingerprint density at radius 2 is 2.25 bits per heavy atom. The summed E-state index contributed by atoms with van der Waals surface area (Å²) in [5.41, 5.74) is -0.268. The maximum Gasteiger partial charge on any atom is 1.00 e. The van der Waals surface area contributed by atoms with Crippen molar-refractivity contribution in [2.45, 2.75) is 0 Å². The molecule has 12 heavy (non-hydrogen) atoms. The quantitative estimate of drug-likeness (QED) is 0.383. The Morgan fingerprint density at radius 1 is 1.58 bits per heavy atom. The minimum atomic E-state index is -1.41. The molecule has 0 unspecified atom stereocenters. The zero-order valence-electron chi connectivity index (χ0n) is 6.31. The molecule has 6 heteroatoms. The van der Waals surface area contributed by atoms with Crippen molar-refractivity contribution in [3.8, 4) is 6.07 Å². The van der Waals surface area contributed by atoms with Gasteiger partial charge in [-0.1, -0.05) is 0 Å². The molecule has 0 aliphatic heterocycles. The van der Waals surface area contributed by atoms with E-state index in [2.05, 4.69) is 9.97 Å². The van der Waals surface area contributed by atoms with Crippen LogP contribution in [0.1, 0.15) is 16.2 Å². The second-order valence-electron chi connectivity index (χ2n) is 1.69. The van der Waals surface area contributed by atoms with Crippen molar-refractivity contribution < 1.29 is 28.8 Å². The van der Waals surface area contributed by atoms with Gasteiger partial charge in [0.25, 0.3) is 0 Å². The zero-order valence-corrected chi connectivity index (χ0v) is 6.31. The Morgan fingerprint density at radius 3 is 2.75 bits per heavy atom. The molecule has 5 nitrogen and oxygen atoms in total. The van der Waals surface area contributed by atoms with Crippen LogP contribution in [0.3, 0.4) is 0 Å². The van der Waals surface area contributed by atoms with Crippen LogP contribution in [0.25, 0.3) is 0 Å². The number of carboxylic acids is 1. The maximum atomic E-state index is 10.2. The zero-order chi connectivity index (χ0) is 8.27. The van der Waals surface area contributed by atoms with Crippen LogP contribution >= 0.6 is 0 Å². The molecular weight excluding hydrogens is 153 g/mol. The van der Waals surface area contributed by atoms with E-state index >= 15 is 0 Å². The Hall–Kier alpha value is -1.36. The Kier molecular flexibility index (Phi) is 3.99. The van der Waals surface area contributed by atoms with E-state index in [1.54, 1.807) is 6.07 Å². The van der Waals surface area contributed by atoms with Crippen LogP contribution in [0.4, 0.5) is 0 Å². The molecule has 54 valence electrons. The number of hydrogen-bond acceptors (Lipinski definition) is 5. The van der Waals surface area contributed by atoms with Gasteiger partial charge in [0.15, 0.2) is 0 Å². The van der Waals surface area contributed by atoms with E-state index in [9.17, 15) is 9.90 Å². The van der Waals surface area contributed by atoms with Gasteiger partial charge in [0, 0.05) is 6.07 Å². The fraction of sp³-hybridized carbons (Fsp3) is 0. The first-order chi connectivity index (χ1) is 5.24. The summed E-state index contributed by atoms with van der Waals surface area (Å²) in [6.07, 6.45) is 1.00. The standard InChI is InChI=1S/C6H3N3O2.Li/c7-2-4-1-5(6(10)11)9-3-8-4;/h1,3H,(H,10,11);/q;+1/p-1. The van der Waals surface area contributed by atoms with Crippen molar-refractivity contribution in [2.75, 3.05) is 0 Å². The van der Waals surface area contributed by atoms with Gasteiger partial charge in [-0.15, -0.1) is 0 Å². The molecule has 0 atom stereocenters. The number of nitrogens with zero attached hydrogens (tertiary/aromatic N) is 3. The molecule has 1 aromatic heterocycles. The minimum Gasteiger partial charge on any atom is -0.543 e. The second kappa shape index (κ2) is 4.50. The van der Waals surface area contributed by atoms with Gasteiger partial charge >= 0.3 is 18.9 Å². The van der Waals surface area contributed by atoms with Crippen molar-refractivity contribution >= 4 is 5.97 Å². The first kappa shape index (κ1) is 10.6. The van der Waals surface area contributed by atoms with E-state index in [-0.39, 0.29) is 30.2 Å².